The van der Waals surface area contributed by atoms with Crippen LogP contribution in [0.15, 0.2) is 0 Å². The number of Topliss-reactive ketones (excluding diaryl/α,β-unsaturated/α-hetero) is 1. The molecule has 1 aliphatic rings. The molecule has 1 aliphatic heterocycles. The van der Waals surface area contributed by atoms with Gasteiger partial charge in [0.1, 0.15) is 5.78 Å². The molecule has 1 atom stereocenters. The van der Waals surface area contributed by atoms with Gasteiger partial charge in [-0.2, -0.15) is 0 Å². The van der Waals surface area contributed by atoms with Gasteiger partial charge in [0.15, 0.2) is 0 Å². The zero-order chi connectivity index (χ0) is 9.68. The molecular formula is C10H19NO2. The molecule has 3 nitrogen and oxygen atoms in total. The van der Waals surface area contributed by atoms with Crippen LogP contribution in [0.3, 0.4) is 0 Å². The van der Waals surface area contributed by atoms with Crippen molar-refractivity contribution < 1.29 is 9.53 Å². The highest BCUT2D eigenvalue weighted by Crippen LogP contribution is 2.12. The van der Waals surface area contributed by atoms with Gasteiger partial charge >= 0.3 is 0 Å². The molecule has 76 valence electrons. The first kappa shape index (κ1) is 10.7. The Labute approximate surface area is 80.1 Å². The van der Waals surface area contributed by atoms with Crippen LogP contribution in [0.5, 0.6) is 0 Å². The van der Waals surface area contributed by atoms with Crippen LogP contribution in [-0.4, -0.2) is 43.5 Å². The van der Waals surface area contributed by atoms with E-state index in [9.17, 15) is 4.79 Å². The largest absolute Gasteiger partial charge is 0.383 e. The Kier molecular flexibility index (Phi) is 4.39. The van der Waals surface area contributed by atoms with Gasteiger partial charge in [0.25, 0.3) is 0 Å². The van der Waals surface area contributed by atoms with E-state index in [1.165, 1.54) is 0 Å². The quantitative estimate of drug-likeness (QED) is 0.656. The van der Waals surface area contributed by atoms with Crippen LogP contribution in [0.4, 0.5) is 0 Å². The number of ketones is 1. The van der Waals surface area contributed by atoms with Crippen molar-refractivity contribution in [1.29, 1.82) is 0 Å². The number of rotatable bonds is 4. The van der Waals surface area contributed by atoms with Gasteiger partial charge in [-0.25, -0.2) is 0 Å². The van der Waals surface area contributed by atoms with Crippen molar-refractivity contribution in [2.75, 3.05) is 26.8 Å². The Morgan fingerprint density at radius 1 is 1.46 bits per heavy atom. The molecule has 0 aliphatic carbocycles. The minimum Gasteiger partial charge on any atom is -0.383 e. The summed E-state index contributed by atoms with van der Waals surface area (Å²) in [6.07, 6.45) is 2.54. The first-order valence-electron chi connectivity index (χ1n) is 5.02. The van der Waals surface area contributed by atoms with Crippen LogP contribution < -0.4 is 0 Å². The summed E-state index contributed by atoms with van der Waals surface area (Å²) in [7, 11) is 1.73. The van der Waals surface area contributed by atoms with Gasteiger partial charge < -0.3 is 4.74 Å². The number of nitrogens with zero attached hydrogens (tertiary/aromatic N) is 1. The van der Waals surface area contributed by atoms with Gasteiger partial charge in [-0.15, -0.1) is 0 Å². The van der Waals surface area contributed by atoms with Gasteiger partial charge in [0.05, 0.1) is 6.61 Å². The van der Waals surface area contributed by atoms with E-state index in [0.717, 1.165) is 39.0 Å². The second kappa shape index (κ2) is 5.35. The molecule has 0 radical (unpaired) electrons. The average Bonchev–Trinajstić information content (AvgIpc) is 2.16. The lowest BCUT2D eigenvalue weighted by Crippen LogP contribution is -2.43. The monoisotopic (exact) mass is 185 g/mol. The topological polar surface area (TPSA) is 29.5 Å². The summed E-state index contributed by atoms with van der Waals surface area (Å²) < 4.78 is 5.15. The van der Waals surface area contributed by atoms with Crippen molar-refractivity contribution in [1.82, 2.24) is 4.90 Å². The second-order valence-electron chi connectivity index (χ2n) is 3.59. The highest BCUT2D eigenvalue weighted by Gasteiger charge is 2.21. The molecule has 1 unspecified atom stereocenters. The zero-order valence-electron chi connectivity index (χ0n) is 8.58. The number of carbonyl (C=O) groups is 1. The number of methoxy groups -OCH3 is 1. The summed E-state index contributed by atoms with van der Waals surface area (Å²) in [5.41, 5.74) is 0. The third kappa shape index (κ3) is 3.08. The summed E-state index contributed by atoms with van der Waals surface area (Å²) >= 11 is 0. The fourth-order valence-electron chi connectivity index (χ4n) is 1.81. The number of ether oxygens (including phenoxy) is 1. The van der Waals surface area contributed by atoms with E-state index in [-0.39, 0.29) is 0 Å². The van der Waals surface area contributed by atoms with Crippen molar-refractivity contribution >= 4 is 5.78 Å². The van der Waals surface area contributed by atoms with E-state index in [2.05, 4.69) is 11.8 Å². The maximum atomic E-state index is 11.0. The first-order chi connectivity index (χ1) is 6.27. The SMILES string of the molecule is CCC(COC)N1CCC(=O)CC1. The number of hydrogen-bond acceptors (Lipinski definition) is 3. The van der Waals surface area contributed by atoms with Crippen LogP contribution in [0.25, 0.3) is 0 Å². The molecule has 0 aromatic heterocycles. The Bertz CT molecular complexity index is 160. The normalized spacial score (nSPS) is 21.8. The van der Waals surface area contributed by atoms with Gasteiger partial charge in [-0.05, 0) is 6.42 Å². The Hall–Kier alpha value is -0.410. The maximum absolute atomic E-state index is 11.0. The summed E-state index contributed by atoms with van der Waals surface area (Å²) in [4.78, 5) is 13.4. The predicted octanol–water partition coefficient (Wildman–Crippen LogP) is 1.08. The van der Waals surface area contributed by atoms with E-state index in [4.69, 9.17) is 4.74 Å². The van der Waals surface area contributed by atoms with Crippen molar-refractivity contribution in [2.24, 2.45) is 0 Å². The van der Waals surface area contributed by atoms with E-state index in [0.29, 0.717) is 11.8 Å². The van der Waals surface area contributed by atoms with Crippen LogP contribution >= 0.6 is 0 Å². The molecule has 1 heterocycles. The van der Waals surface area contributed by atoms with E-state index >= 15 is 0 Å². The molecule has 1 fully saturated rings. The van der Waals surface area contributed by atoms with Crippen molar-refractivity contribution in [3.05, 3.63) is 0 Å². The average molecular weight is 185 g/mol. The minimum absolute atomic E-state index is 0.406. The van der Waals surface area contributed by atoms with E-state index < -0.39 is 0 Å². The molecule has 0 aromatic rings. The number of hydrogen-bond donors (Lipinski definition) is 0. The van der Waals surface area contributed by atoms with Gasteiger partial charge in [0.2, 0.25) is 0 Å². The fraction of sp³-hybridized carbons (Fsp3) is 0.900. The Morgan fingerprint density at radius 3 is 2.54 bits per heavy atom. The van der Waals surface area contributed by atoms with Gasteiger partial charge in [0, 0.05) is 39.1 Å². The highest BCUT2D eigenvalue weighted by molar-refractivity contribution is 5.79. The van der Waals surface area contributed by atoms with Crippen molar-refractivity contribution in [3.63, 3.8) is 0 Å². The number of piperidine rings is 1. The highest BCUT2D eigenvalue weighted by atomic mass is 16.5. The second-order valence-corrected chi connectivity index (χ2v) is 3.59. The fourth-order valence-corrected chi connectivity index (χ4v) is 1.81. The van der Waals surface area contributed by atoms with Crippen LogP contribution in [0.1, 0.15) is 26.2 Å². The number of likely N-dealkylation sites (tertiary alicyclic amines) is 1. The van der Waals surface area contributed by atoms with Crippen molar-refractivity contribution in [2.45, 2.75) is 32.2 Å². The molecule has 1 rings (SSSR count). The molecule has 3 heteroatoms. The van der Waals surface area contributed by atoms with E-state index in [1.54, 1.807) is 7.11 Å². The van der Waals surface area contributed by atoms with Crippen LogP contribution in [0.2, 0.25) is 0 Å². The summed E-state index contributed by atoms with van der Waals surface area (Å²) in [5, 5.41) is 0. The molecule has 0 spiro atoms. The molecule has 0 N–H and O–H groups in total. The predicted molar refractivity (Wildman–Crippen MR) is 51.8 cm³/mol. The molecule has 0 aromatic carbocycles. The molecule has 1 saturated heterocycles. The lowest BCUT2D eigenvalue weighted by atomic mass is 10.1. The minimum atomic E-state index is 0.406. The van der Waals surface area contributed by atoms with Gasteiger partial charge in [-0.3, -0.25) is 9.69 Å². The molecule has 13 heavy (non-hydrogen) atoms. The number of carbonyl (C=O) groups excluding carboxylic acids is 1. The molecule has 0 bridgehead atoms. The maximum Gasteiger partial charge on any atom is 0.135 e. The Morgan fingerprint density at radius 2 is 2.08 bits per heavy atom. The van der Waals surface area contributed by atoms with Crippen LogP contribution in [-0.2, 0) is 9.53 Å². The molecular weight excluding hydrogens is 166 g/mol. The lowest BCUT2D eigenvalue weighted by molar-refractivity contribution is -0.122. The summed E-state index contributed by atoms with van der Waals surface area (Å²) in [6, 6.07) is 0.498. The first-order valence-corrected chi connectivity index (χ1v) is 5.02. The molecule has 0 amide bonds. The Balaban J connectivity index is 2.36. The van der Waals surface area contributed by atoms with Gasteiger partial charge in [-0.1, -0.05) is 6.92 Å². The van der Waals surface area contributed by atoms with Crippen molar-refractivity contribution in [3.8, 4) is 0 Å². The zero-order valence-corrected chi connectivity index (χ0v) is 8.58. The standard InChI is InChI=1S/C10H19NO2/c1-3-9(8-13-2)11-6-4-10(12)5-7-11/h9H,3-8H2,1-2H3. The lowest BCUT2D eigenvalue weighted by Gasteiger charge is -2.32. The van der Waals surface area contributed by atoms with Crippen LogP contribution in [0, 0.1) is 0 Å². The van der Waals surface area contributed by atoms with E-state index in [1.807, 2.05) is 0 Å². The summed E-state index contributed by atoms with van der Waals surface area (Å²) in [5.74, 6) is 0.406. The molecule has 0 saturated carbocycles. The third-order valence-corrected chi connectivity index (χ3v) is 2.70. The summed E-state index contributed by atoms with van der Waals surface area (Å²) in [6.45, 7) is 4.78. The third-order valence-electron chi connectivity index (χ3n) is 2.70. The smallest absolute Gasteiger partial charge is 0.135 e.